The zero-order chi connectivity index (χ0) is 14.8. The summed E-state index contributed by atoms with van der Waals surface area (Å²) in [5.41, 5.74) is 1.26. The molecule has 1 aromatic heterocycles. The molecule has 4 heteroatoms. The first-order chi connectivity index (χ1) is 10.2. The van der Waals surface area contributed by atoms with Crippen molar-refractivity contribution in [3.63, 3.8) is 0 Å². The summed E-state index contributed by atoms with van der Waals surface area (Å²) >= 11 is 5.93. The van der Waals surface area contributed by atoms with Crippen LogP contribution in [0.1, 0.15) is 5.69 Å². The van der Waals surface area contributed by atoms with E-state index in [0.29, 0.717) is 17.4 Å². The molecular formula is C17H14ClFN2. The normalized spacial score (nSPS) is 10.8. The second-order valence-electron chi connectivity index (χ2n) is 4.80. The van der Waals surface area contributed by atoms with Gasteiger partial charge < -0.3 is 4.90 Å². The SMILES string of the molecule is CN(c1ccccc1F)c1nc(CCl)cc2ccccc12. The Morgan fingerprint density at radius 1 is 1.10 bits per heavy atom. The third-order valence-corrected chi connectivity index (χ3v) is 3.72. The zero-order valence-corrected chi connectivity index (χ0v) is 12.3. The molecule has 3 aromatic rings. The highest BCUT2D eigenvalue weighted by Crippen LogP contribution is 2.31. The van der Waals surface area contributed by atoms with Crippen LogP contribution >= 0.6 is 11.6 Å². The Bertz CT molecular complexity index is 789. The van der Waals surface area contributed by atoms with Gasteiger partial charge in [-0.2, -0.15) is 0 Å². The van der Waals surface area contributed by atoms with Crippen LogP contribution in [0.4, 0.5) is 15.9 Å². The lowest BCUT2D eigenvalue weighted by Gasteiger charge is -2.21. The smallest absolute Gasteiger partial charge is 0.146 e. The van der Waals surface area contributed by atoms with Gasteiger partial charge in [-0.1, -0.05) is 36.4 Å². The summed E-state index contributed by atoms with van der Waals surface area (Å²) in [4.78, 5) is 6.32. The molecule has 0 fully saturated rings. The number of hydrogen-bond donors (Lipinski definition) is 0. The number of halogens is 2. The highest BCUT2D eigenvalue weighted by atomic mass is 35.5. The first-order valence-electron chi connectivity index (χ1n) is 6.63. The minimum atomic E-state index is -0.276. The van der Waals surface area contributed by atoms with E-state index in [-0.39, 0.29) is 5.82 Å². The van der Waals surface area contributed by atoms with Crippen LogP contribution in [0.2, 0.25) is 0 Å². The minimum Gasteiger partial charge on any atom is -0.326 e. The van der Waals surface area contributed by atoms with Crippen LogP contribution in [0, 0.1) is 5.82 Å². The second-order valence-corrected chi connectivity index (χ2v) is 5.07. The number of fused-ring (bicyclic) bond motifs is 1. The molecule has 0 radical (unpaired) electrons. The maximum atomic E-state index is 14.0. The van der Waals surface area contributed by atoms with E-state index >= 15 is 0 Å². The first-order valence-corrected chi connectivity index (χ1v) is 7.17. The fourth-order valence-corrected chi connectivity index (χ4v) is 2.53. The van der Waals surface area contributed by atoms with E-state index < -0.39 is 0 Å². The Kier molecular flexibility index (Phi) is 3.76. The fourth-order valence-electron chi connectivity index (χ4n) is 2.40. The summed E-state index contributed by atoms with van der Waals surface area (Å²) in [5.74, 6) is 0.749. The molecule has 2 nitrogen and oxygen atoms in total. The highest BCUT2D eigenvalue weighted by Gasteiger charge is 2.14. The van der Waals surface area contributed by atoms with Crippen LogP contribution in [0.15, 0.2) is 54.6 Å². The summed E-state index contributed by atoms with van der Waals surface area (Å²) in [7, 11) is 1.81. The molecule has 3 rings (SSSR count). The van der Waals surface area contributed by atoms with Gasteiger partial charge in [0.2, 0.25) is 0 Å². The quantitative estimate of drug-likeness (QED) is 0.641. The summed E-state index contributed by atoms with van der Waals surface area (Å²) in [6.07, 6.45) is 0. The molecule has 0 bridgehead atoms. The Morgan fingerprint density at radius 2 is 1.81 bits per heavy atom. The second kappa shape index (κ2) is 5.70. The zero-order valence-electron chi connectivity index (χ0n) is 11.6. The van der Waals surface area contributed by atoms with E-state index in [9.17, 15) is 4.39 Å². The molecule has 0 saturated heterocycles. The van der Waals surface area contributed by atoms with E-state index in [0.717, 1.165) is 16.5 Å². The molecule has 0 spiro atoms. The molecule has 2 aromatic carbocycles. The van der Waals surface area contributed by atoms with E-state index in [4.69, 9.17) is 11.6 Å². The van der Waals surface area contributed by atoms with E-state index in [2.05, 4.69) is 4.98 Å². The molecule has 106 valence electrons. The summed E-state index contributed by atoms with van der Waals surface area (Å²) in [5, 5.41) is 2.01. The molecule has 0 amide bonds. The molecule has 0 atom stereocenters. The Morgan fingerprint density at radius 3 is 2.57 bits per heavy atom. The molecule has 0 aliphatic rings. The number of anilines is 2. The van der Waals surface area contributed by atoms with E-state index in [1.807, 2.05) is 43.4 Å². The predicted molar refractivity (Wildman–Crippen MR) is 85.8 cm³/mol. The van der Waals surface area contributed by atoms with Gasteiger partial charge in [0, 0.05) is 12.4 Å². The van der Waals surface area contributed by atoms with Crippen molar-refractivity contribution in [1.82, 2.24) is 4.98 Å². The lowest BCUT2D eigenvalue weighted by Crippen LogP contribution is -2.14. The number of hydrogen-bond acceptors (Lipinski definition) is 2. The van der Waals surface area contributed by atoms with Crippen LogP contribution in [0.5, 0.6) is 0 Å². The average molecular weight is 301 g/mol. The number of aromatic nitrogens is 1. The fraction of sp³-hybridized carbons (Fsp3) is 0.118. The van der Waals surface area contributed by atoms with Crippen LogP contribution < -0.4 is 4.90 Å². The maximum Gasteiger partial charge on any atom is 0.146 e. The lowest BCUT2D eigenvalue weighted by molar-refractivity contribution is 0.627. The van der Waals surface area contributed by atoms with Crippen molar-refractivity contribution in [2.45, 2.75) is 5.88 Å². The summed E-state index contributed by atoms with van der Waals surface area (Å²) < 4.78 is 14.0. The average Bonchev–Trinajstić information content (AvgIpc) is 2.53. The lowest BCUT2D eigenvalue weighted by atomic mass is 10.1. The Labute approximate surface area is 127 Å². The number of nitrogens with zero attached hydrogens (tertiary/aromatic N) is 2. The molecule has 0 aliphatic carbocycles. The van der Waals surface area contributed by atoms with Gasteiger partial charge in [0.1, 0.15) is 11.6 Å². The highest BCUT2D eigenvalue weighted by molar-refractivity contribution is 6.17. The number of para-hydroxylation sites is 1. The maximum absolute atomic E-state index is 14.0. The van der Waals surface area contributed by atoms with E-state index in [1.165, 1.54) is 6.07 Å². The third-order valence-electron chi connectivity index (χ3n) is 3.44. The van der Waals surface area contributed by atoms with Crippen LogP contribution in [0.3, 0.4) is 0 Å². The van der Waals surface area contributed by atoms with Crippen molar-refractivity contribution in [3.05, 3.63) is 66.1 Å². The van der Waals surface area contributed by atoms with Crippen molar-refractivity contribution < 1.29 is 4.39 Å². The van der Waals surface area contributed by atoms with Crippen LogP contribution in [0.25, 0.3) is 10.8 Å². The molecule has 0 aliphatic heterocycles. The summed E-state index contributed by atoms with van der Waals surface area (Å²) in [6.45, 7) is 0. The van der Waals surface area contributed by atoms with Gasteiger partial charge >= 0.3 is 0 Å². The van der Waals surface area contributed by atoms with Gasteiger partial charge in [-0.25, -0.2) is 9.37 Å². The molecule has 0 unspecified atom stereocenters. The Hall–Kier alpha value is -2.13. The van der Waals surface area contributed by atoms with Crippen molar-refractivity contribution in [3.8, 4) is 0 Å². The number of pyridine rings is 1. The predicted octanol–water partition coefficient (Wildman–Crippen LogP) is 4.88. The van der Waals surface area contributed by atoms with Crippen LogP contribution in [-0.2, 0) is 5.88 Å². The minimum absolute atomic E-state index is 0.276. The molecule has 1 heterocycles. The van der Waals surface area contributed by atoms with Gasteiger partial charge in [0.25, 0.3) is 0 Å². The van der Waals surface area contributed by atoms with Gasteiger partial charge in [0.15, 0.2) is 0 Å². The van der Waals surface area contributed by atoms with Gasteiger partial charge in [0.05, 0.1) is 17.3 Å². The monoisotopic (exact) mass is 300 g/mol. The van der Waals surface area contributed by atoms with Crippen molar-refractivity contribution in [2.24, 2.45) is 0 Å². The Balaban J connectivity index is 2.21. The molecule has 0 N–H and O–H groups in total. The topological polar surface area (TPSA) is 16.1 Å². The van der Waals surface area contributed by atoms with Crippen molar-refractivity contribution >= 4 is 33.9 Å². The molecular weight excluding hydrogens is 287 g/mol. The third kappa shape index (κ3) is 2.57. The van der Waals surface area contributed by atoms with Crippen molar-refractivity contribution in [1.29, 1.82) is 0 Å². The van der Waals surface area contributed by atoms with Gasteiger partial charge in [-0.05, 0) is 23.6 Å². The molecule has 0 saturated carbocycles. The number of alkyl halides is 1. The number of benzene rings is 2. The number of rotatable bonds is 3. The van der Waals surface area contributed by atoms with Crippen molar-refractivity contribution in [2.75, 3.05) is 11.9 Å². The standard InChI is InChI=1S/C17H14ClFN2/c1-21(16-9-5-4-8-15(16)19)17-14-7-3-2-6-12(14)10-13(11-18)20-17/h2-10H,11H2,1H3. The largest absolute Gasteiger partial charge is 0.326 e. The van der Waals surface area contributed by atoms with E-state index in [1.54, 1.807) is 17.0 Å². The summed E-state index contributed by atoms with van der Waals surface area (Å²) in [6, 6.07) is 16.5. The van der Waals surface area contributed by atoms with Gasteiger partial charge in [-0.15, -0.1) is 11.6 Å². The van der Waals surface area contributed by atoms with Crippen LogP contribution in [-0.4, -0.2) is 12.0 Å². The molecule has 21 heavy (non-hydrogen) atoms. The first kappa shape index (κ1) is 13.8. The van der Waals surface area contributed by atoms with Gasteiger partial charge in [-0.3, -0.25) is 0 Å².